The molecule has 1 aliphatic carbocycles. The fourth-order valence-electron chi connectivity index (χ4n) is 6.98. The van der Waals surface area contributed by atoms with Gasteiger partial charge < -0.3 is 9.30 Å². The molecule has 0 saturated heterocycles. The Morgan fingerprint density at radius 3 is 2.56 bits per heavy atom. The van der Waals surface area contributed by atoms with E-state index in [2.05, 4.69) is 36.5 Å². The number of aromatic nitrogens is 5. The van der Waals surface area contributed by atoms with E-state index in [-0.39, 0.29) is 5.56 Å². The standard InChI is InChI=1S/C36H36N6O5S/c1-22(2)48(45,46)40-36(44)24-9-11-30-31(17-24)41-20-26(34-27(21-43)18-39-42(34)32-19-37-13-14-38-32)15-25-16-28(47-3)10-12-29(25)35(41)33(30)23-7-5-4-6-8-23/h9-19,21-23H,4-8,20H2,1-3H3,(H,40,44). The molecule has 0 unspecified atom stereocenters. The van der Waals surface area contributed by atoms with Crippen LogP contribution >= 0.6 is 0 Å². The highest BCUT2D eigenvalue weighted by Gasteiger charge is 2.31. The van der Waals surface area contributed by atoms with Crippen LogP contribution in [-0.2, 0) is 16.6 Å². The highest BCUT2D eigenvalue weighted by Crippen LogP contribution is 2.48. The van der Waals surface area contributed by atoms with Crippen molar-refractivity contribution in [1.82, 2.24) is 29.0 Å². The molecular weight excluding hydrogens is 629 g/mol. The molecule has 3 aromatic heterocycles. The van der Waals surface area contributed by atoms with Gasteiger partial charge in [0.25, 0.3) is 5.91 Å². The molecule has 48 heavy (non-hydrogen) atoms. The summed E-state index contributed by atoms with van der Waals surface area (Å²) < 4.78 is 37.0. The molecule has 2 aliphatic rings. The van der Waals surface area contributed by atoms with Gasteiger partial charge in [-0.3, -0.25) is 14.6 Å². The summed E-state index contributed by atoms with van der Waals surface area (Å²) in [6.45, 7) is 3.39. The SMILES string of the molecule is COc1ccc2c(c1)C=C(c1c(C=O)cnn1-c1cnccn1)Cn1c-2c(C2CCCCC2)c2ccc(C(=O)NS(=O)(=O)C(C)C)cc21. The summed E-state index contributed by atoms with van der Waals surface area (Å²) in [7, 11) is -2.21. The number of methoxy groups -OCH3 is 1. The van der Waals surface area contributed by atoms with Crippen molar-refractivity contribution in [3.63, 3.8) is 0 Å². The first-order chi connectivity index (χ1) is 23.2. The maximum absolute atomic E-state index is 13.4. The van der Waals surface area contributed by atoms with Crippen LogP contribution in [-0.4, -0.2) is 57.3 Å². The topological polar surface area (TPSA) is 138 Å². The molecule has 1 fully saturated rings. The molecule has 7 rings (SSSR count). The van der Waals surface area contributed by atoms with E-state index in [4.69, 9.17) is 4.74 Å². The maximum atomic E-state index is 13.4. The minimum absolute atomic E-state index is 0.241. The van der Waals surface area contributed by atoms with Crippen molar-refractivity contribution in [2.45, 2.75) is 63.7 Å². The second-order valence-corrected chi connectivity index (χ2v) is 14.8. The largest absolute Gasteiger partial charge is 0.497 e. The lowest BCUT2D eigenvalue weighted by molar-refractivity contribution is 0.0980. The Labute approximate surface area is 278 Å². The number of rotatable bonds is 8. The minimum atomic E-state index is -3.84. The molecule has 1 N–H and O–H groups in total. The molecule has 2 aromatic carbocycles. The summed E-state index contributed by atoms with van der Waals surface area (Å²) in [5, 5.41) is 4.78. The number of hydrogen-bond acceptors (Lipinski definition) is 8. The average molecular weight is 665 g/mol. The molecular formula is C36H36N6O5S. The number of nitrogens with one attached hydrogen (secondary N) is 1. The number of amides is 1. The third-order valence-corrected chi connectivity index (χ3v) is 11.1. The fraction of sp³-hybridized carbons (Fsp3) is 0.306. The fourth-order valence-corrected chi connectivity index (χ4v) is 7.59. The molecule has 12 heteroatoms. The molecule has 1 amide bonds. The van der Waals surface area contributed by atoms with Crippen LogP contribution in [0.2, 0.25) is 0 Å². The van der Waals surface area contributed by atoms with Gasteiger partial charge >= 0.3 is 0 Å². The van der Waals surface area contributed by atoms with E-state index < -0.39 is 21.2 Å². The average Bonchev–Trinajstić information content (AvgIpc) is 3.62. The van der Waals surface area contributed by atoms with Crippen molar-refractivity contribution in [2.75, 3.05) is 7.11 Å². The quantitative estimate of drug-likeness (QED) is 0.194. The van der Waals surface area contributed by atoms with Gasteiger partial charge in [-0.25, -0.2) is 22.8 Å². The first-order valence-corrected chi connectivity index (χ1v) is 17.7. The Hall–Kier alpha value is -5.10. The number of carbonyl (C=O) groups is 2. The zero-order chi connectivity index (χ0) is 33.6. The Morgan fingerprint density at radius 2 is 1.85 bits per heavy atom. The van der Waals surface area contributed by atoms with Crippen molar-refractivity contribution < 1.29 is 22.7 Å². The predicted molar refractivity (Wildman–Crippen MR) is 184 cm³/mol. The smallest absolute Gasteiger partial charge is 0.264 e. The summed E-state index contributed by atoms with van der Waals surface area (Å²) in [5.74, 6) is 0.767. The van der Waals surface area contributed by atoms with Crippen molar-refractivity contribution in [1.29, 1.82) is 0 Å². The Bertz CT molecular complexity index is 2190. The Kier molecular flexibility index (Phi) is 8.20. The molecule has 5 aromatic rings. The number of benzene rings is 2. The van der Waals surface area contributed by atoms with Crippen LogP contribution < -0.4 is 9.46 Å². The molecule has 0 atom stereocenters. The van der Waals surface area contributed by atoms with E-state index in [0.29, 0.717) is 35.3 Å². The number of carbonyl (C=O) groups excluding carboxylic acids is 2. The molecule has 4 heterocycles. The minimum Gasteiger partial charge on any atom is -0.497 e. The van der Waals surface area contributed by atoms with Gasteiger partial charge in [-0.05, 0) is 85.7 Å². The summed E-state index contributed by atoms with van der Waals surface area (Å²) in [6, 6.07) is 11.4. The third kappa shape index (κ3) is 5.49. The molecule has 0 radical (unpaired) electrons. The molecule has 11 nitrogen and oxygen atoms in total. The van der Waals surface area contributed by atoms with Crippen molar-refractivity contribution >= 4 is 44.8 Å². The Balaban J connectivity index is 1.50. The maximum Gasteiger partial charge on any atom is 0.264 e. The Morgan fingerprint density at radius 1 is 1.04 bits per heavy atom. The highest BCUT2D eigenvalue weighted by molar-refractivity contribution is 7.90. The lowest BCUT2D eigenvalue weighted by Crippen LogP contribution is -2.35. The van der Waals surface area contributed by atoms with Gasteiger partial charge in [0.05, 0.1) is 48.2 Å². The molecule has 1 saturated carbocycles. The van der Waals surface area contributed by atoms with Crippen LogP contribution in [0.3, 0.4) is 0 Å². The number of ether oxygens (including phenoxy) is 1. The van der Waals surface area contributed by atoms with E-state index in [1.807, 2.05) is 18.2 Å². The van der Waals surface area contributed by atoms with Crippen molar-refractivity contribution in [3.8, 4) is 22.8 Å². The second kappa shape index (κ2) is 12.5. The number of fused-ring (bicyclic) bond motifs is 5. The number of aldehydes is 1. The predicted octanol–water partition coefficient (Wildman–Crippen LogP) is 6.18. The van der Waals surface area contributed by atoms with E-state index in [0.717, 1.165) is 65.3 Å². The van der Waals surface area contributed by atoms with Gasteiger partial charge in [0.15, 0.2) is 12.1 Å². The summed E-state index contributed by atoms with van der Waals surface area (Å²) >= 11 is 0. The van der Waals surface area contributed by atoms with Crippen LogP contribution in [0.25, 0.3) is 39.6 Å². The number of allylic oxidation sites excluding steroid dienone is 1. The monoisotopic (exact) mass is 664 g/mol. The number of nitrogens with zero attached hydrogens (tertiary/aromatic N) is 5. The van der Waals surface area contributed by atoms with Gasteiger partial charge in [0.1, 0.15) is 5.75 Å². The lowest BCUT2D eigenvalue weighted by Gasteiger charge is -2.24. The van der Waals surface area contributed by atoms with Gasteiger partial charge in [0.2, 0.25) is 10.0 Å². The van der Waals surface area contributed by atoms with Gasteiger partial charge in [-0.2, -0.15) is 5.10 Å². The third-order valence-electron chi connectivity index (χ3n) is 9.40. The van der Waals surface area contributed by atoms with E-state index >= 15 is 0 Å². The molecule has 246 valence electrons. The van der Waals surface area contributed by atoms with Crippen LogP contribution in [0.5, 0.6) is 5.75 Å². The van der Waals surface area contributed by atoms with Crippen LogP contribution in [0.1, 0.15) is 89.4 Å². The van der Waals surface area contributed by atoms with Gasteiger partial charge in [-0.15, -0.1) is 0 Å². The molecule has 0 bridgehead atoms. The molecule has 0 spiro atoms. The van der Waals surface area contributed by atoms with Crippen LogP contribution in [0.4, 0.5) is 0 Å². The van der Waals surface area contributed by atoms with Crippen molar-refractivity contribution in [2.24, 2.45) is 0 Å². The zero-order valence-electron chi connectivity index (χ0n) is 27.0. The number of sulfonamides is 1. The lowest BCUT2D eigenvalue weighted by atomic mass is 9.81. The van der Waals surface area contributed by atoms with Crippen LogP contribution in [0, 0.1) is 0 Å². The second-order valence-electron chi connectivity index (χ2n) is 12.6. The summed E-state index contributed by atoms with van der Waals surface area (Å²) in [5.41, 5.74) is 6.95. The van der Waals surface area contributed by atoms with E-state index in [1.165, 1.54) is 32.0 Å². The molecule has 1 aliphatic heterocycles. The van der Waals surface area contributed by atoms with Crippen molar-refractivity contribution in [3.05, 3.63) is 89.1 Å². The first kappa shape index (κ1) is 31.5. The van der Waals surface area contributed by atoms with E-state index in [9.17, 15) is 18.0 Å². The first-order valence-electron chi connectivity index (χ1n) is 16.1. The number of hydrogen-bond donors (Lipinski definition) is 1. The van der Waals surface area contributed by atoms with Gasteiger partial charge in [0, 0.05) is 34.4 Å². The normalized spacial score (nSPS) is 15.0. The zero-order valence-corrected chi connectivity index (χ0v) is 27.8. The van der Waals surface area contributed by atoms with Gasteiger partial charge in [-0.1, -0.05) is 25.3 Å². The summed E-state index contributed by atoms with van der Waals surface area (Å²) in [4.78, 5) is 34.5. The van der Waals surface area contributed by atoms with Crippen LogP contribution in [0.15, 0.2) is 61.2 Å². The highest BCUT2D eigenvalue weighted by atomic mass is 32.2. The summed E-state index contributed by atoms with van der Waals surface area (Å²) in [6.07, 6.45) is 14.6. The van der Waals surface area contributed by atoms with E-state index in [1.54, 1.807) is 42.5 Å².